The first-order chi connectivity index (χ1) is 17.2. The molecule has 1 unspecified atom stereocenters. The number of carboxylic acids is 2. The first-order valence-corrected chi connectivity index (χ1v) is 10.8. The maximum absolute atomic E-state index is 10.6. The van der Waals surface area contributed by atoms with Crippen LogP contribution in [-0.4, -0.2) is 75.8 Å². The van der Waals surface area contributed by atoms with Gasteiger partial charge >= 0.3 is 24.3 Å². The number of pyridine rings is 1. The number of ether oxygens (including phenoxy) is 2. The highest BCUT2D eigenvalue weighted by Crippen LogP contribution is 2.37. The van der Waals surface area contributed by atoms with E-state index < -0.39 is 24.3 Å². The van der Waals surface area contributed by atoms with Crippen molar-refractivity contribution in [3.8, 4) is 5.88 Å². The molecule has 2 N–H and O–H groups in total. The van der Waals surface area contributed by atoms with E-state index in [0.29, 0.717) is 12.5 Å². The molecule has 1 atom stereocenters. The van der Waals surface area contributed by atoms with Crippen molar-refractivity contribution < 1.29 is 60.0 Å². The minimum Gasteiger partial charge on any atom is -0.475 e. The highest BCUT2D eigenvalue weighted by atomic mass is 19.4. The van der Waals surface area contributed by atoms with Crippen LogP contribution in [0.3, 0.4) is 0 Å². The number of carbonyl (C=O) groups is 2. The number of furan rings is 1. The lowest BCUT2D eigenvalue weighted by atomic mass is 9.88. The molecular weight excluding hydrogens is 518 g/mol. The molecule has 0 radical (unpaired) electrons. The normalized spacial score (nSPS) is 19.2. The van der Waals surface area contributed by atoms with Crippen molar-refractivity contribution in [1.82, 2.24) is 9.88 Å². The van der Waals surface area contributed by atoms with Crippen molar-refractivity contribution in [3.05, 3.63) is 48.6 Å². The van der Waals surface area contributed by atoms with Crippen molar-refractivity contribution in [1.29, 1.82) is 0 Å². The van der Waals surface area contributed by atoms with Gasteiger partial charge in [0, 0.05) is 43.9 Å². The zero-order valence-corrected chi connectivity index (χ0v) is 19.2. The maximum atomic E-state index is 10.6. The van der Waals surface area contributed by atoms with Crippen LogP contribution in [0.25, 0.3) is 0 Å². The fourth-order valence-corrected chi connectivity index (χ4v) is 3.57. The summed E-state index contributed by atoms with van der Waals surface area (Å²) >= 11 is 0. The number of carboxylic acid groups (broad SMARTS) is 2. The summed E-state index contributed by atoms with van der Waals surface area (Å²) < 4.78 is 80.7. The SMILES string of the molecule is O=C(O)C(F)(F)F.O=C(O)C(F)(F)F.c1ccc(OC2COC3(CCN(Cc4ccoc4)CC3)C2)nc1. The van der Waals surface area contributed by atoms with E-state index >= 15 is 0 Å². The Kier molecular flexibility index (Phi) is 10.3. The van der Waals surface area contributed by atoms with Gasteiger partial charge in [-0.2, -0.15) is 26.3 Å². The number of nitrogens with zero attached hydrogens (tertiary/aromatic N) is 2. The fraction of sp³-hybridized carbons (Fsp3) is 0.500. The van der Waals surface area contributed by atoms with Crippen LogP contribution in [-0.2, 0) is 20.9 Å². The summed E-state index contributed by atoms with van der Waals surface area (Å²) in [5.74, 6) is -4.82. The van der Waals surface area contributed by atoms with Gasteiger partial charge in [-0.05, 0) is 25.0 Å². The van der Waals surface area contributed by atoms with Crippen molar-refractivity contribution in [3.63, 3.8) is 0 Å². The van der Waals surface area contributed by atoms with Gasteiger partial charge < -0.3 is 24.1 Å². The number of rotatable bonds is 4. The predicted octanol–water partition coefficient (Wildman–Crippen LogP) is 4.14. The molecule has 2 aromatic rings. The van der Waals surface area contributed by atoms with E-state index in [-0.39, 0.29) is 11.7 Å². The molecule has 2 aliphatic heterocycles. The molecule has 2 saturated heterocycles. The van der Waals surface area contributed by atoms with E-state index in [4.69, 9.17) is 33.7 Å². The van der Waals surface area contributed by atoms with Gasteiger partial charge in [-0.3, -0.25) is 4.90 Å². The van der Waals surface area contributed by atoms with Crippen molar-refractivity contribution in [2.75, 3.05) is 19.7 Å². The lowest BCUT2D eigenvalue weighted by molar-refractivity contribution is -0.193. The summed E-state index contributed by atoms with van der Waals surface area (Å²) in [5, 5.41) is 14.2. The molecule has 2 aliphatic rings. The summed E-state index contributed by atoms with van der Waals surface area (Å²) in [5.41, 5.74) is 1.23. The summed E-state index contributed by atoms with van der Waals surface area (Å²) in [6.45, 7) is 3.74. The third-order valence-electron chi connectivity index (χ3n) is 5.34. The van der Waals surface area contributed by atoms with Crippen LogP contribution in [0, 0.1) is 0 Å². The van der Waals surface area contributed by atoms with Gasteiger partial charge in [-0.25, -0.2) is 14.6 Å². The summed E-state index contributed by atoms with van der Waals surface area (Å²) in [6, 6.07) is 7.78. The Balaban J connectivity index is 0.000000286. The second-order valence-corrected chi connectivity index (χ2v) is 8.12. The smallest absolute Gasteiger partial charge is 0.475 e. The minimum atomic E-state index is -5.08. The largest absolute Gasteiger partial charge is 0.490 e. The standard InChI is InChI=1S/C18H22N2O3.2C2HF3O2/c1-2-7-19-17(3-1)23-16-11-18(22-14-16)5-8-20(9-6-18)12-15-4-10-21-13-15;2*3-2(4,5)1(6)7/h1-4,7,10,13,16H,5-6,8-9,11-12,14H2;2*(H,6,7). The Hall–Kier alpha value is -3.33. The van der Waals surface area contributed by atoms with E-state index in [1.165, 1.54) is 5.56 Å². The number of piperidine rings is 1. The lowest BCUT2D eigenvalue weighted by Gasteiger charge is -2.38. The average Bonchev–Trinajstić information content (AvgIpc) is 3.46. The monoisotopic (exact) mass is 542 g/mol. The van der Waals surface area contributed by atoms with Crippen molar-refractivity contribution >= 4 is 11.9 Å². The number of hydrogen-bond donors (Lipinski definition) is 2. The molecule has 2 fully saturated rings. The Morgan fingerprint density at radius 1 is 1.05 bits per heavy atom. The number of alkyl halides is 6. The summed E-state index contributed by atoms with van der Waals surface area (Å²) in [7, 11) is 0. The Morgan fingerprint density at radius 3 is 2.11 bits per heavy atom. The summed E-state index contributed by atoms with van der Waals surface area (Å²) in [4.78, 5) is 24.5. The molecule has 0 aromatic carbocycles. The number of halogens is 6. The Bertz CT molecular complexity index is 952. The van der Waals surface area contributed by atoms with E-state index in [9.17, 15) is 26.3 Å². The molecule has 1 spiro atoms. The first kappa shape index (κ1) is 29.9. The molecule has 15 heteroatoms. The average molecular weight is 542 g/mol. The molecule has 9 nitrogen and oxygen atoms in total. The minimum absolute atomic E-state index is 0.00760. The molecule has 0 aliphatic carbocycles. The molecule has 206 valence electrons. The van der Waals surface area contributed by atoms with Gasteiger partial charge in [-0.1, -0.05) is 6.07 Å². The topological polar surface area (TPSA) is 122 Å². The van der Waals surface area contributed by atoms with Crippen LogP contribution in [0.2, 0.25) is 0 Å². The third-order valence-corrected chi connectivity index (χ3v) is 5.34. The molecule has 4 heterocycles. The van der Waals surface area contributed by atoms with Crippen LogP contribution in [0.4, 0.5) is 26.3 Å². The zero-order valence-electron chi connectivity index (χ0n) is 19.2. The number of likely N-dealkylation sites (tertiary alicyclic amines) is 1. The van der Waals surface area contributed by atoms with Crippen LogP contribution >= 0.6 is 0 Å². The van der Waals surface area contributed by atoms with E-state index in [0.717, 1.165) is 38.9 Å². The van der Waals surface area contributed by atoms with Gasteiger partial charge in [0.2, 0.25) is 5.88 Å². The van der Waals surface area contributed by atoms with Crippen LogP contribution < -0.4 is 4.74 Å². The Labute approximate surface area is 206 Å². The van der Waals surface area contributed by atoms with Crippen LogP contribution in [0.1, 0.15) is 24.8 Å². The third kappa shape index (κ3) is 10.3. The predicted molar refractivity (Wildman–Crippen MR) is 113 cm³/mol. The van der Waals surface area contributed by atoms with Crippen molar-refractivity contribution in [2.24, 2.45) is 0 Å². The van der Waals surface area contributed by atoms with Gasteiger partial charge in [0.05, 0.1) is 24.7 Å². The highest BCUT2D eigenvalue weighted by Gasteiger charge is 2.43. The van der Waals surface area contributed by atoms with Crippen molar-refractivity contribution in [2.45, 2.75) is 49.9 Å². The van der Waals surface area contributed by atoms with Gasteiger partial charge in [0.25, 0.3) is 0 Å². The summed E-state index contributed by atoms with van der Waals surface area (Å²) in [6.07, 6.45) is -1.64. The van der Waals surface area contributed by atoms with Gasteiger partial charge in [0.15, 0.2) is 0 Å². The zero-order chi connectivity index (χ0) is 27.7. The second kappa shape index (κ2) is 12.8. The molecular formula is C22H24F6N2O7. The maximum Gasteiger partial charge on any atom is 0.490 e. The van der Waals surface area contributed by atoms with Gasteiger partial charge in [0.1, 0.15) is 6.10 Å². The molecule has 0 saturated carbocycles. The fourth-order valence-electron chi connectivity index (χ4n) is 3.57. The van der Waals surface area contributed by atoms with E-state index in [1.54, 1.807) is 12.5 Å². The molecule has 0 bridgehead atoms. The number of hydrogen-bond acceptors (Lipinski definition) is 7. The number of aliphatic carboxylic acids is 2. The second-order valence-electron chi connectivity index (χ2n) is 8.12. The molecule has 0 amide bonds. The van der Waals surface area contributed by atoms with Gasteiger partial charge in [-0.15, -0.1) is 0 Å². The highest BCUT2D eigenvalue weighted by molar-refractivity contribution is 5.73. The van der Waals surface area contributed by atoms with Crippen LogP contribution in [0.5, 0.6) is 5.88 Å². The molecule has 37 heavy (non-hydrogen) atoms. The van der Waals surface area contributed by atoms with E-state index in [2.05, 4.69) is 9.88 Å². The quantitative estimate of drug-likeness (QED) is 0.549. The first-order valence-electron chi connectivity index (χ1n) is 10.8. The molecule has 2 aromatic heterocycles. The van der Waals surface area contributed by atoms with E-state index in [1.807, 2.05) is 30.5 Å². The van der Waals surface area contributed by atoms with Crippen LogP contribution in [0.15, 0.2) is 47.4 Å². The lowest BCUT2D eigenvalue weighted by Crippen LogP contribution is -2.44. The Morgan fingerprint density at radius 2 is 1.65 bits per heavy atom. The molecule has 4 rings (SSSR count). The number of aromatic nitrogens is 1.